The number of carbonyl (C=O) groups excluding carboxylic acids is 1. The first-order chi connectivity index (χ1) is 9.29. The van der Waals surface area contributed by atoms with Crippen LogP contribution in [0.2, 0.25) is 0 Å². The zero-order valence-corrected chi connectivity index (χ0v) is 10.00. The molecule has 0 aliphatic heterocycles. The summed E-state index contributed by atoms with van der Waals surface area (Å²) in [7, 11) is 0. The van der Waals surface area contributed by atoms with Gasteiger partial charge in [-0.25, -0.2) is 9.97 Å². The minimum Gasteiger partial charge on any atom is -0.320 e. The van der Waals surface area contributed by atoms with Gasteiger partial charge in [-0.3, -0.25) is 9.78 Å². The van der Waals surface area contributed by atoms with E-state index in [0.29, 0.717) is 11.5 Å². The minimum atomic E-state index is -0.371. The molecule has 2 rings (SSSR count). The summed E-state index contributed by atoms with van der Waals surface area (Å²) in [4.78, 5) is 23.7. The second kappa shape index (κ2) is 6.23. The van der Waals surface area contributed by atoms with Crippen LogP contribution in [0.4, 0.5) is 5.82 Å². The summed E-state index contributed by atoms with van der Waals surface area (Å²) in [6.07, 6.45) is 4.33. The molecule has 94 valence electrons. The van der Waals surface area contributed by atoms with Crippen molar-refractivity contribution in [2.24, 2.45) is 5.73 Å². The number of nitrogens with one attached hydrogen (secondary N) is 1. The predicted molar refractivity (Wildman–Crippen MR) is 70.2 cm³/mol. The molecule has 19 heavy (non-hydrogen) atoms. The number of aromatic nitrogens is 3. The molecular weight excluding hydrogens is 242 g/mol. The molecule has 0 aliphatic carbocycles. The summed E-state index contributed by atoms with van der Waals surface area (Å²) >= 11 is 0. The fraction of sp³-hybridized carbons (Fsp3) is 0.0769. The van der Waals surface area contributed by atoms with Crippen LogP contribution < -0.4 is 11.1 Å². The van der Waals surface area contributed by atoms with E-state index in [9.17, 15) is 4.79 Å². The highest BCUT2D eigenvalue weighted by atomic mass is 16.1. The Hall–Kier alpha value is -2.78. The molecule has 2 heterocycles. The summed E-state index contributed by atoms with van der Waals surface area (Å²) in [5.41, 5.74) is 6.05. The molecule has 1 amide bonds. The van der Waals surface area contributed by atoms with Gasteiger partial charge in [-0.15, -0.1) is 0 Å². The van der Waals surface area contributed by atoms with Gasteiger partial charge in [0.2, 0.25) is 0 Å². The number of nitrogens with zero attached hydrogens (tertiary/aromatic N) is 3. The van der Waals surface area contributed by atoms with Crippen molar-refractivity contribution in [1.29, 1.82) is 0 Å². The average molecular weight is 253 g/mol. The molecule has 0 spiro atoms. The van der Waals surface area contributed by atoms with Crippen molar-refractivity contribution < 1.29 is 4.79 Å². The molecule has 3 N–H and O–H groups in total. The molecule has 0 saturated carbocycles. The maximum Gasteiger partial charge on any atom is 0.277 e. The zero-order chi connectivity index (χ0) is 13.5. The second-order valence-corrected chi connectivity index (χ2v) is 3.46. The monoisotopic (exact) mass is 253 g/mol. The SMILES string of the molecule is NCC#Cc1cccc(NC(=O)c2cnccn2)n1. The van der Waals surface area contributed by atoms with Crippen LogP contribution >= 0.6 is 0 Å². The van der Waals surface area contributed by atoms with Crippen LogP contribution in [0.15, 0.2) is 36.8 Å². The Morgan fingerprint density at radius 3 is 3.00 bits per heavy atom. The first-order valence-corrected chi connectivity index (χ1v) is 5.53. The molecule has 0 aliphatic rings. The molecule has 0 atom stereocenters. The number of hydrogen-bond donors (Lipinski definition) is 2. The maximum absolute atomic E-state index is 11.8. The number of carbonyl (C=O) groups is 1. The fourth-order valence-corrected chi connectivity index (χ4v) is 1.31. The zero-order valence-electron chi connectivity index (χ0n) is 10.00. The van der Waals surface area contributed by atoms with Crippen molar-refractivity contribution in [3.63, 3.8) is 0 Å². The average Bonchev–Trinajstić information content (AvgIpc) is 2.46. The molecule has 6 nitrogen and oxygen atoms in total. The number of amides is 1. The van der Waals surface area contributed by atoms with Gasteiger partial charge in [-0.1, -0.05) is 12.0 Å². The molecule has 0 saturated heterocycles. The van der Waals surface area contributed by atoms with Crippen molar-refractivity contribution in [1.82, 2.24) is 15.0 Å². The van der Waals surface area contributed by atoms with Crippen molar-refractivity contribution in [2.45, 2.75) is 0 Å². The fourth-order valence-electron chi connectivity index (χ4n) is 1.31. The van der Waals surface area contributed by atoms with E-state index < -0.39 is 0 Å². The predicted octanol–water partition coefficient (Wildman–Crippen LogP) is 0.434. The van der Waals surface area contributed by atoms with Crippen LogP contribution in [0.1, 0.15) is 16.2 Å². The summed E-state index contributed by atoms with van der Waals surface area (Å²) in [5.74, 6) is 5.52. The number of anilines is 1. The van der Waals surface area contributed by atoms with Crippen LogP contribution in [-0.4, -0.2) is 27.4 Å². The van der Waals surface area contributed by atoms with Crippen molar-refractivity contribution in [2.75, 3.05) is 11.9 Å². The highest BCUT2D eigenvalue weighted by Crippen LogP contribution is 2.05. The van der Waals surface area contributed by atoms with E-state index in [0.717, 1.165) is 0 Å². The van der Waals surface area contributed by atoms with Crippen LogP contribution in [0.5, 0.6) is 0 Å². The Bertz CT molecular complexity index is 630. The lowest BCUT2D eigenvalue weighted by molar-refractivity contribution is 0.102. The Morgan fingerprint density at radius 1 is 1.37 bits per heavy atom. The molecule has 0 fully saturated rings. The standard InChI is InChI=1S/C13H11N5O/c14-6-2-4-10-3-1-5-12(17-10)18-13(19)11-9-15-7-8-16-11/h1,3,5,7-9H,6,14H2,(H,17,18,19). The number of nitrogens with two attached hydrogens (primary N) is 1. The van der Waals surface area contributed by atoms with Gasteiger partial charge in [0, 0.05) is 12.4 Å². The molecular formula is C13H11N5O. The number of hydrogen-bond acceptors (Lipinski definition) is 5. The van der Waals surface area contributed by atoms with Gasteiger partial charge >= 0.3 is 0 Å². The van der Waals surface area contributed by atoms with E-state index in [1.54, 1.807) is 18.2 Å². The highest BCUT2D eigenvalue weighted by Gasteiger charge is 2.07. The maximum atomic E-state index is 11.8. The van der Waals surface area contributed by atoms with Crippen LogP contribution in [-0.2, 0) is 0 Å². The smallest absolute Gasteiger partial charge is 0.277 e. The summed E-state index contributed by atoms with van der Waals surface area (Å²) in [6, 6.07) is 5.16. The van der Waals surface area contributed by atoms with Crippen LogP contribution in [0.3, 0.4) is 0 Å². The molecule has 2 aromatic rings. The Kier molecular flexibility index (Phi) is 4.16. The first-order valence-electron chi connectivity index (χ1n) is 5.53. The molecule has 0 unspecified atom stereocenters. The minimum absolute atomic E-state index is 0.225. The van der Waals surface area contributed by atoms with Gasteiger partial charge < -0.3 is 11.1 Å². The molecule has 0 bridgehead atoms. The third kappa shape index (κ3) is 3.59. The number of pyridine rings is 1. The van der Waals surface area contributed by atoms with E-state index in [-0.39, 0.29) is 18.1 Å². The summed E-state index contributed by atoms with van der Waals surface area (Å²) < 4.78 is 0. The summed E-state index contributed by atoms with van der Waals surface area (Å²) in [5, 5.41) is 2.62. The molecule has 2 aromatic heterocycles. The Labute approximate surface area is 110 Å². The van der Waals surface area contributed by atoms with Crippen molar-refractivity contribution >= 4 is 11.7 Å². The van der Waals surface area contributed by atoms with Crippen molar-refractivity contribution in [3.05, 3.63) is 48.2 Å². The van der Waals surface area contributed by atoms with E-state index in [2.05, 4.69) is 32.1 Å². The first kappa shape index (κ1) is 12.7. The Morgan fingerprint density at radius 2 is 2.26 bits per heavy atom. The normalized spacial score (nSPS) is 9.32. The van der Waals surface area contributed by atoms with Gasteiger partial charge in [0.25, 0.3) is 5.91 Å². The largest absolute Gasteiger partial charge is 0.320 e. The second-order valence-electron chi connectivity index (χ2n) is 3.46. The molecule has 0 aromatic carbocycles. The van der Waals surface area contributed by atoms with Crippen LogP contribution in [0.25, 0.3) is 0 Å². The summed E-state index contributed by atoms with van der Waals surface area (Å²) in [6.45, 7) is 0.262. The van der Waals surface area contributed by atoms with E-state index in [4.69, 9.17) is 5.73 Å². The Balaban J connectivity index is 2.13. The van der Waals surface area contributed by atoms with E-state index >= 15 is 0 Å². The lowest BCUT2D eigenvalue weighted by atomic mass is 10.3. The van der Waals surface area contributed by atoms with Gasteiger partial charge in [-0.2, -0.15) is 0 Å². The molecule has 6 heteroatoms. The van der Waals surface area contributed by atoms with Gasteiger partial charge in [0.1, 0.15) is 17.2 Å². The lowest BCUT2D eigenvalue weighted by Crippen LogP contribution is -2.14. The van der Waals surface area contributed by atoms with Gasteiger partial charge in [-0.05, 0) is 18.1 Å². The third-order valence-corrected chi connectivity index (χ3v) is 2.11. The number of rotatable bonds is 2. The van der Waals surface area contributed by atoms with Gasteiger partial charge in [0.05, 0.1) is 12.7 Å². The van der Waals surface area contributed by atoms with Crippen molar-refractivity contribution in [3.8, 4) is 11.8 Å². The van der Waals surface area contributed by atoms with E-state index in [1.165, 1.54) is 18.6 Å². The molecule has 0 radical (unpaired) electrons. The topological polar surface area (TPSA) is 93.8 Å². The van der Waals surface area contributed by atoms with E-state index in [1.807, 2.05) is 0 Å². The van der Waals surface area contributed by atoms with Gasteiger partial charge in [0.15, 0.2) is 0 Å². The third-order valence-electron chi connectivity index (χ3n) is 2.11. The lowest BCUT2D eigenvalue weighted by Gasteiger charge is -2.03. The quantitative estimate of drug-likeness (QED) is 0.757. The van der Waals surface area contributed by atoms with Crippen LogP contribution in [0, 0.1) is 11.8 Å². The highest BCUT2D eigenvalue weighted by molar-refractivity contribution is 6.02.